The molecule has 0 fully saturated rings. The molecule has 1 aliphatic rings. The fraction of sp³-hybridized carbons (Fsp3) is 0.167. The Bertz CT molecular complexity index is 1420. The van der Waals surface area contributed by atoms with Crippen LogP contribution in [0, 0.1) is 6.92 Å². The molecule has 2 aromatic carbocycles. The number of rotatable bonds is 5. The van der Waals surface area contributed by atoms with Gasteiger partial charge in [0.25, 0.3) is 5.91 Å². The smallest absolute Gasteiger partial charge is 0.257 e. The van der Waals surface area contributed by atoms with Crippen LogP contribution in [0.1, 0.15) is 27.2 Å². The minimum atomic E-state index is -3.65. The van der Waals surface area contributed by atoms with E-state index in [-0.39, 0.29) is 10.8 Å². The number of sulfonamides is 1. The van der Waals surface area contributed by atoms with Crippen molar-refractivity contribution in [2.24, 2.45) is 0 Å². The number of furan rings is 1. The third kappa shape index (κ3) is 4.35. The molecule has 7 nitrogen and oxygen atoms in total. The van der Waals surface area contributed by atoms with Crippen LogP contribution in [0.3, 0.4) is 0 Å². The summed E-state index contributed by atoms with van der Waals surface area (Å²) in [5.74, 6) is 1.06. The van der Waals surface area contributed by atoms with Gasteiger partial charge in [-0.3, -0.25) is 10.1 Å². The molecule has 0 radical (unpaired) electrons. The fourth-order valence-electron chi connectivity index (χ4n) is 3.79. The van der Waals surface area contributed by atoms with Crippen molar-refractivity contribution in [3.63, 3.8) is 0 Å². The van der Waals surface area contributed by atoms with Gasteiger partial charge in [0.15, 0.2) is 10.9 Å². The molecule has 0 spiro atoms. The van der Waals surface area contributed by atoms with Crippen molar-refractivity contribution in [2.45, 2.75) is 24.8 Å². The number of nitrogens with one attached hydrogen (secondary N) is 1. The molecule has 1 amide bonds. The number of aromatic nitrogens is 1. The van der Waals surface area contributed by atoms with E-state index in [9.17, 15) is 13.2 Å². The largest absolute Gasteiger partial charge is 0.460 e. The molecule has 33 heavy (non-hydrogen) atoms. The Balaban J connectivity index is 1.28. The average molecular weight is 480 g/mol. The Morgan fingerprint density at radius 3 is 2.55 bits per heavy atom. The number of amides is 1. The minimum Gasteiger partial charge on any atom is -0.460 e. The van der Waals surface area contributed by atoms with Crippen LogP contribution in [-0.4, -0.2) is 30.2 Å². The lowest BCUT2D eigenvalue weighted by atomic mass is 10.0. The zero-order chi connectivity index (χ0) is 23.0. The first kappa shape index (κ1) is 21.6. The van der Waals surface area contributed by atoms with Crippen LogP contribution < -0.4 is 5.32 Å². The molecule has 1 aliphatic heterocycles. The Hall–Kier alpha value is -3.27. The summed E-state index contributed by atoms with van der Waals surface area (Å²) in [6.07, 6.45) is 0.684. The van der Waals surface area contributed by atoms with Gasteiger partial charge in [0.1, 0.15) is 11.5 Å². The quantitative estimate of drug-likeness (QED) is 0.448. The molecule has 9 heteroatoms. The van der Waals surface area contributed by atoms with Crippen LogP contribution in [0.2, 0.25) is 0 Å². The molecule has 1 N–H and O–H groups in total. The van der Waals surface area contributed by atoms with Crippen molar-refractivity contribution >= 4 is 32.4 Å². The second kappa shape index (κ2) is 8.58. The lowest BCUT2D eigenvalue weighted by Gasteiger charge is -2.28. The van der Waals surface area contributed by atoms with E-state index in [0.29, 0.717) is 41.7 Å². The monoisotopic (exact) mass is 479 g/mol. The molecule has 0 saturated heterocycles. The van der Waals surface area contributed by atoms with E-state index < -0.39 is 10.0 Å². The van der Waals surface area contributed by atoms with E-state index in [0.717, 1.165) is 11.3 Å². The molecule has 0 atom stereocenters. The number of hydrogen-bond acceptors (Lipinski definition) is 6. The standard InChI is InChI=1S/C24H21N3O4S2/c1-16-6-11-22(31-16)21-15-32-24(25-21)26-23(28)18-7-9-20(10-8-18)33(29,30)27-13-12-17-4-2-3-5-19(17)14-27/h2-11,15H,12-14H2,1H3,(H,25,26,28). The normalized spacial score (nSPS) is 14.1. The van der Waals surface area contributed by atoms with Crippen molar-refractivity contribution in [1.82, 2.24) is 9.29 Å². The topological polar surface area (TPSA) is 92.5 Å². The van der Waals surface area contributed by atoms with E-state index >= 15 is 0 Å². The summed E-state index contributed by atoms with van der Waals surface area (Å²) in [7, 11) is -3.65. The molecule has 0 unspecified atom stereocenters. The highest BCUT2D eigenvalue weighted by Gasteiger charge is 2.28. The van der Waals surface area contributed by atoms with E-state index in [2.05, 4.69) is 10.3 Å². The summed E-state index contributed by atoms with van der Waals surface area (Å²) in [6, 6.07) is 17.6. The number of benzene rings is 2. The predicted octanol–water partition coefficient (Wildman–Crippen LogP) is 4.71. The first-order valence-corrected chi connectivity index (χ1v) is 12.7. The SMILES string of the molecule is Cc1ccc(-c2csc(NC(=O)c3ccc(S(=O)(=O)N4CCc5ccccc5C4)cc3)n2)o1. The molecular weight excluding hydrogens is 458 g/mol. The number of hydrogen-bond donors (Lipinski definition) is 1. The first-order valence-electron chi connectivity index (χ1n) is 10.4. The Morgan fingerprint density at radius 1 is 1.06 bits per heavy atom. The highest BCUT2D eigenvalue weighted by molar-refractivity contribution is 7.89. The predicted molar refractivity (Wildman–Crippen MR) is 127 cm³/mol. The Kier molecular flexibility index (Phi) is 5.61. The summed E-state index contributed by atoms with van der Waals surface area (Å²) in [6.45, 7) is 2.64. The number of aryl methyl sites for hydroxylation is 1. The molecule has 0 aliphatic carbocycles. The summed E-state index contributed by atoms with van der Waals surface area (Å²) >= 11 is 1.29. The number of nitrogens with zero attached hydrogens (tertiary/aromatic N) is 2. The van der Waals surface area contributed by atoms with E-state index in [1.807, 2.05) is 43.3 Å². The van der Waals surface area contributed by atoms with Gasteiger partial charge < -0.3 is 4.42 Å². The lowest BCUT2D eigenvalue weighted by Crippen LogP contribution is -2.35. The first-order chi connectivity index (χ1) is 15.9. The van der Waals surface area contributed by atoms with E-state index in [1.54, 1.807) is 5.38 Å². The van der Waals surface area contributed by atoms with Gasteiger partial charge in [0.05, 0.1) is 4.90 Å². The van der Waals surface area contributed by atoms with Gasteiger partial charge in [0.2, 0.25) is 10.0 Å². The van der Waals surface area contributed by atoms with E-state index in [1.165, 1.54) is 45.5 Å². The summed E-state index contributed by atoms with van der Waals surface area (Å²) in [5.41, 5.74) is 3.20. The molecule has 5 rings (SSSR count). The number of thiazole rings is 1. The second-order valence-corrected chi connectivity index (χ2v) is 10.6. The maximum absolute atomic E-state index is 13.1. The Labute approximate surface area is 195 Å². The van der Waals surface area contributed by atoms with Crippen molar-refractivity contribution < 1.29 is 17.6 Å². The van der Waals surface area contributed by atoms with Crippen LogP contribution in [0.5, 0.6) is 0 Å². The number of carbonyl (C=O) groups excluding carboxylic acids is 1. The maximum atomic E-state index is 13.1. The minimum absolute atomic E-state index is 0.170. The average Bonchev–Trinajstić information content (AvgIpc) is 3.47. The third-order valence-corrected chi connectivity index (χ3v) is 8.18. The van der Waals surface area contributed by atoms with Crippen LogP contribution in [-0.2, 0) is 23.0 Å². The van der Waals surface area contributed by atoms with Crippen LogP contribution in [0.25, 0.3) is 11.5 Å². The molecule has 0 saturated carbocycles. The second-order valence-electron chi connectivity index (χ2n) is 7.78. The molecule has 2 aromatic heterocycles. The van der Waals surface area contributed by atoms with Gasteiger partial charge in [0, 0.05) is 24.0 Å². The van der Waals surface area contributed by atoms with Gasteiger partial charge in [-0.15, -0.1) is 11.3 Å². The summed E-state index contributed by atoms with van der Waals surface area (Å²) in [4.78, 5) is 17.2. The summed E-state index contributed by atoms with van der Waals surface area (Å²) < 4.78 is 33.3. The zero-order valence-electron chi connectivity index (χ0n) is 17.8. The van der Waals surface area contributed by atoms with Gasteiger partial charge in [-0.05, 0) is 60.9 Å². The molecule has 168 valence electrons. The third-order valence-electron chi connectivity index (χ3n) is 5.57. The van der Waals surface area contributed by atoms with Gasteiger partial charge in [-0.2, -0.15) is 4.31 Å². The molecule has 0 bridgehead atoms. The number of carbonyl (C=O) groups is 1. The molecular formula is C24H21N3O4S2. The summed E-state index contributed by atoms with van der Waals surface area (Å²) in [5, 5.41) is 5.00. The Morgan fingerprint density at radius 2 is 1.82 bits per heavy atom. The molecule has 4 aromatic rings. The van der Waals surface area contributed by atoms with Crippen molar-refractivity contribution in [3.05, 3.63) is 88.5 Å². The van der Waals surface area contributed by atoms with Crippen LogP contribution in [0.15, 0.2) is 75.4 Å². The van der Waals surface area contributed by atoms with Crippen LogP contribution in [0.4, 0.5) is 5.13 Å². The highest BCUT2D eigenvalue weighted by atomic mass is 32.2. The molecule has 3 heterocycles. The van der Waals surface area contributed by atoms with Crippen molar-refractivity contribution in [2.75, 3.05) is 11.9 Å². The van der Waals surface area contributed by atoms with Crippen molar-refractivity contribution in [1.29, 1.82) is 0 Å². The van der Waals surface area contributed by atoms with Gasteiger partial charge in [-0.1, -0.05) is 24.3 Å². The van der Waals surface area contributed by atoms with Crippen LogP contribution >= 0.6 is 11.3 Å². The maximum Gasteiger partial charge on any atom is 0.257 e. The lowest BCUT2D eigenvalue weighted by molar-refractivity contribution is 0.102. The van der Waals surface area contributed by atoms with Gasteiger partial charge in [-0.25, -0.2) is 13.4 Å². The van der Waals surface area contributed by atoms with Gasteiger partial charge >= 0.3 is 0 Å². The fourth-order valence-corrected chi connectivity index (χ4v) is 5.90. The zero-order valence-corrected chi connectivity index (χ0v) is 19.4. The highest BCUT2D eigenvalue weighted by Crippen LogP contribution is 2.27. The number of fused-ring (bicyclic) bond motifs is 1. The van der Waals surface area contributed by atoms with Crippen molar-refractivity contribution in [3.8, 4) is 11.5 Å². The number of anilines is 1. The van der Waals surface area contributed by atoms with E-state index in [4.69, 9.17) is 4.42 Å².